The van der Waals surface area contributed by atoms with Gasteiger partial charge in [0.05, 0.1) is 35.9 Å². The summed E-state index contributed by atoms with van der Waals surface area (Å²) < 4.78 is 31.7. The molecule has 2 fully saturated rings. The van der Waals surface area contributed by atoms with Gasteiger partial charge in [0, 0.05) is 11.6 Å². The minimum Gasteiger partial charge on any atom is -0.497 e. The molecule has 3 heterocycles. The van der Waals surface area contributed by atoms with Gasteiger partial charge in [0.1, 0.15) is 17.1 Å². The molecule has 3 aromatic rings. The van der Waals surface area contributed by atoms with E-state index in [0.29, 0.717) is 29.4 Å². The second-order valence-electron chi connectivity index (χ2n) is 9.88. The third-order valence-electron chi connectivity index (χ3n) is 7.46. The molecule has 1 aliphatic heterocycles. The highest BCUT2D eigenvalue weighted by atomic mass is 32.2. The van der Waals surface area contributed by atoms with Gasteiger partial charge >= 0.3 is 0 Å². The summed E-state index contributed by atoms with van der Waals surface area (Å²) in [6.07, 6.45) is 4.89. The number of pyridine rings is 1. The van der Waals surface area contributed by atoms with Crippen molar-refractivity contribution in [1.29, 1.82) is 0 Å². The standard InChI is InChI=1S/C26H32N4O4S/c1-16-6-4-5-7-21(16)29-26(31)25-24-23(14-22(28-25)18-8-10-20(34-3)11-9-18)30(17(2)27-24)19-12-13-35(32,33)15-19/h8-11,14,16,19,21H,4-7,12-13,15H2,1-3H3,(H,29,31). The molecular weight excluding hydrogens is 464 g/mol. The van der Waals surface area contributed by atoms with E-state index in [0.717, 1.165) is 36.1 Å². The minimum atomic E-state index is -3.09. The van der Waals surface area contributed by atoms with Crippen LogP contribution in [-0.2, 0) is 9.84 Å². The van der Waals surface area contributed by atoms with Crippen molar-refractivity contribution >= 4 is 26.8 Å². The molecule has 1 aliphatic carbocycles. The number of fused-ring (bicyclic) bond motifs is 1. The highest BCUT2D eigenvalue weighted by molar-refractivity contribution is 7.91. The number of rotatable bonds is 5. The van der Waals surface area contributed by atoms with Crippen LogP contribution in [0.5, 0.6) is 5.75 Å². The van der Waals surface area contributed by atoms with Crippen molar-refractivity contribution in [1.82, 2.24) is 19.9 Å². The molecule has 5 rings (SSSR count). The Bertz CT molecular complexity index is 1360. The van der Waals surface area contributed by atoms with Crippen LogP contribution in [0, 0.1) is 12.8 Å². The average Bonchev–Trinajstić information content (AvgIpc) is 3.37. The first-order chi connectivity index (χ1) is 16.8. The largest absolute Gasteiger partial charge is 0.497 e. The van der Waals surface area contributed by atoms with Crippen molar-refractivity contribution in [2.45, 2.75) is 58.0 Å². The van der Waals surface area contributed by atoms with Crippen LogP contribution in [0.2, 0.25) is 0 Å². The number of nitrogens with zero attached hydrogens (tertiary/aromatic N) is 3. The molecule has 186 valence electrons. The number of benzene rings is 1. The van der Waals surface area contributed by atoms with Gasteiger partial charge < -0.3 is 14.6 Å². The number of amides is 1. The summed E-state index contributed by atoms with van der Waals surface area (Å²) in [5, 5.41) is 3.22. The molecule has 9 heteroatoms. The minimum absolute atomic E-state index is 0.0839. The third-order valence-corrected chi connectivity index (χ3v) is 9.21. The van der Waals surface area contributed by atoms with Crippen LogP contribution in [0.3, 0.4) is 0 Å². The summed E-state index contributed by atoms with van der Waals surface area (Å²) in [5.74, 6) is 1.86. The lowest BCUT2D eigenvalue weighted by molar-refractivity contribution is 0.0907. The number of imidazole rings is 1. The van der Waals surface area contributed by atoms with Gasteiger partial charge in [0.15, 0.2) is 15.5 Å². The van der Waals surface area contributed by atoms with Crippen molar-refractivity contribution in [2.24, 2.45) is 5.92 Å². The highest BCUT2D eigenvalue weighted by Gasteiger charge is 2.33. The Labute approximate surface area is 206 Å². The second kappa shape index (κ2) is 9.26. The topological polar surface area (TPSA) is 103 Å². The van der Waals surface area contributed by atoms with Crippen LogP contribution in [0.25, 0.3) is 22.3 Å². The zero-order chi connectivity index (χ0) is 24.7. The van der Waals surface area contributed by atoms with E-state index in [9.17, 15) is 13.2 Å². The zero-order valence-corrected chi connectivity index (χ0v) is 21.3. The fourth-order valence-electron chi connectivity index (χ4n) is 5.48. The van der Waals surface area contributed by atoms with Gasteiger partial charge in [0.25, 0.3) is 5.91 Å². The number of methoxy groups -OCH3 is 1. The van der Waals surface area contributed by atoms with E-state index in [1.165, 1.54) is 6.42 Å². The van der Waals surface area contributed by atoms with Crippen molar-refractivity contribution in [2.75, 3.05) is 18.6 Å². The van der Waals surface area contributed by atoms with Crippen LogP contribution < -0.4 is 10.1 Å². The smallest absolute Gasteiger partial charge is 0.272 e. The maximum absolute atomic E-state index is 13.6. The van der Waals surface area contributed by atoms with Gasteiger partial charge in [-0.25, -0.2) is 18.4 Å². The molecule has 1 amide bonds. The van der Waals surface area contributed by atoms with Crippen molar-refractivity contribution < 1.29 is 17.9 Å². The van der Waals surface area contributed by atoms with Gasteiger partial charge in [-0.3, -0.25) is 4.79 Å². The number of sulfone groups is 1. The number of hydrogen-bond donors (Lipinski definition) is 1. The summed E-state index contributed by atoms with van der Waals surface area (Å²) in [6.45, 7) is 4.04. The third kappa shape index (κ3) is 4.66. The van der Waals surface area contributed by atoms with Gasteiger partial charge in [0.2, 0.25) is 0 Å². The first-order valence-electron chi connectivity index (χ1n) is 12.3. The number of aromatic nitrogens is 3. The van der Waals surface area contributed by atoms with Crippen LogP contribution >= 0.6 is 0 Å². The van der Waals surface area contributed by atoms with Crippen molar-refractivity contribution in [3.8, 4) is 17.0 Å². The van der Waals surface area contributed by atoms with Gasteiger partial charge in [-0.05, 0) is 62.4 Å². The lowest BCUT2D eigenvalue weighted by Crippen LogP contribution is -2.41. The van der Waals surface area contributed by atoms with E-state index < -0.39 is 9.84 Å². The molecule has 3 unspecified atom stereocenters. The van der Waals surface area contributed by atoms with Gasteiger partial charge in [-0.15, -0.1) is 0 Å². The number of carbonyl (C=O) groups excluding carboxylic acids is 1. The van der Waals surface area contributed by atoms with E-state index >= 15 is 0 Å². The number of hydrogen-bond acceptors (Lipinski definition) is 6. The molecule has 3 atom stereocenters. The number of nitrogens with one attached hydrogen (secondary N) is 1. The van der Waals surface area contributed by atoms with E-state index in [1.54, 1.807) is 7.11 Å². The molecule has 35 heavy (non-hydrogen) atoms. The van der Waals surface area contributed by atoms with Crippen LogP contribution in [0.4, 0.5) is 0 Å². The van der Waals surface area contributed by atoms with Crippen molar-refractivity contribution in [3.63, 3.8) is 0 Å². The summed E-state index contributed by atoms with van der Waals surface area (Å²) in [4.78, 5) is 23.1. The Balaban J connectivity index is 1.62. The number of aryl methyl sites for hydroxylation is 1. The lowest BCUT2D eigenvalue weighted by Gasteiger charge is -2.29. The number of carbonyl (C=O) groups is 1. The van der Waals surface area contributed by atoms with Crippen LogP contribution in [0.1, 0.15) is 61.4 Å². The Hall–Kier alpha value is -2.94. The average molecular weight is 497 g/mol. The molecule has 0 radical (unpaired) electrons. The molecule has 0 spiro atoms. The summed E-state index contributed by atoms with van der Waals surface area (Å²) in [6, 6.07) is 9.36. The fraction of sp³-hybridized carbons (Fsp3) is 0.500. The zero-order valence-electron chi connectivity index (χ0n) is 20.5. The van der Waals surface area contributed by atoms with Crippen molar-refractivity contribution in [3.05, 3.63) is 41.9 Å². The summed E-state index contributed by atoms with van der Waals surface area (Å²) >= 11 is 0. The lowest BCUT2D eigenvalue weighted by atomic mass is 9.86. The quantitative estimate of drug-likeness (QED) is 0.571. The molecular formula is C26H32N4O4S. The molecule has 1 saturated heterocycles. The van der Waals surface area contributed by atoms with E-state index in [4.69, 9.17) is 14.7 Å². The second-order valence-corrected chi connectivity index (χ2v) is 12.1. The van der Waals surface area contributed by atoms with Crippen LogP contribution in [-0.4, -0.2) is 53.5 Å². The Kier molecular flexibility index (Phi) is 6.29. The molecule has 1 N–H and O–H groups in total. The van der Waals surface area contributed by atoms with E-state index in [1.807, 2.05) is 41.8 Å². The molecule has 1 saturated carbocycles. The first kappa shape index (κ1) is 23.8. The maximum atomic E-state index is 13.6. The normalized spacial score (nSPS) is 23.9. The van der Waals surface area contributed by atoms with Crippen LogP contribution in [0.15, 0.2) is 30.3 Å². The molecule has 1 aromatic carbocycles. The molecule has 0 bridgehead atoms. The molecule has 8 nitrogen and oxygen atoms in total. The van der Waals surface area contributed by atoms with E-state index in [2.05, 4.69) is 12.2 Å². The molecule has 2 aliphatic rings. The summed E-state index contributed by atoms with van der Waals surface area (Å²) in [7, 11) is -1.47. The van der Waals surface area contributed by atoms with E-state index in [-0.39, 0.29) is 35.2 Å². The Morgan fingerprint density at radius 1 is 1.11 bits per heavy atom. The monoisotopic (exact) mass is 496 g/mol. The summed E-state index contributed by atoms with van der Waals surface area (Å²) in [5.41, 5.74) is 3.03. The molecule has 2 aromatic heterocycles. The predicted molar refractivity (Wildman–Crippen MR) is 135 cm³/mol. The first-order valence-corrected chi connectivity index (χ1v) is 14.1. The fourth-order valence-corrected chi connectivity index (χ4v) is 7.18. The predicted octanol–water partition coefficient (Wildman–Crippen LogP) is 4.08. The number of ether oxygens (including phenoxy) is 1. The Morgan fingerprint density at radius 2 is 1.86 bits per heavy atom. The SMILES string of the molecule is COc1ccc(-c2cc3c(nc(C)n3C3CCS(=O)(=O)C3)c(C(=O)NC3CCCCC3C)n2)cc1. The highest BCUT2D eigenvalue weighted by Crippen LogP contribution is 2.33. The maximum Gasteiger partial charge on any atom is 0.272 e. The van der Waals surface area contributed by atoms with Gasteiger partial charge in [-0.1, -0.05) is 19.8 Å². The van der Waals surface area contributed by atoms with Gasteiger partial charge in [-0.2, -0.15) is 0 Å². The Morgan fingerprint density at radius 3 is 2.51 bits per heavy atom.